The fourth-order valence-electron chi connectivity index (χ4n) is 3.60. The molecule has 2 heterocycles. The molecule has 0 saturated carbocycles. The number of benzene rings is 2. The highest BCUT2D eigenvalue weighted by Crippen LogP contribution is 2.50. The van der Waals surface area contributed by atoms with Crippen molar-refractivity contribution in [2.45, 2.75) is 24.5 Å². The van der Waals surface area contributed by atoms with Crippen molar-refractivity contribution in [3.05, 3.63) is 71.0 Å². The minimum absolute atomic E-state index is 0.0834. The third kappa shape index (κ3) is 2.08. The molecule has 1 spiro atoms. The van der Waals surface area contributed by atoms with Gasteiger partial charge in [-0.2, -0.15) is 0 Å². The second-order valence-electron chi connectivity index (χ2n) is 5.88. The lowest BCUT2D eigenvalue weighted by atomic mass is 9.84. The van der Waals surface area contributed by atoms with Gasteiger partial charge in [0.1, 0.15) is 11.9 Å². The molecule has 1 fully saturated rings. The molecule has 0 amide bonds. The monoisotopic (exact) mass is 283 g/mol. The van der Waals surface area contributed by atoms with Gasteiger partial charge in [-0.25, -0.2) is 4.39 Å². The molecule has 1 saturated heterocycles. The van der Waals surface area contributed by atoms with Crippen molar-refractivity contribution in [2.75, 3.05) is 13.1 Å². The Labute approximate surface area is 123 Å². The van der Waals surface area contributed by atoms with Gasteiger partial charge in [0.05, 0.1) is 5.60 Å². The van der Waals surface area contributed by atoms with E-state index >= 15 is 0 Å². The molecule has 0 aromatic heterocycles. The molecule has 0 radical (unpaired) electrons. The van der Waals surface area contributed by atoms with E-state index in [1.807, 2.05) is 12.1 Å². The normalized spacial score (nSPS) is 23.2. The van der Waals surface area contributed by atoms with Gasteiger partial charge < -0.3 is 10.1 Å². The van der Waals surface area contributed by atoms with E-state index < -0.39 is 0 Å². The fourth-order valence-corrected chi connectivity index (χ4v) is 3.60. The second kappa shape index (κ2) is 4.93. The molecule has 2 aliphatic rings. The molecule has 0 unspecified atom stereocenters. The highest BCUT2D eigenvalue weighted by Gasteiger charge is 2.45. The van der Waals surface area contributed by atoms with E-state index in [0.29, 0.717) is 0 Å². The second-order valence-corrected chi connectivity index (χ2v) is 5.88. The van der Waals surface area contributed by atoms with Gasteiger partial charge in [-0.05, 0) is 54.8 Å². The molecule has 21 heavy (non-hydrogen) atoms. The SMILES string of the molecule is Fc1ccc([C@H]2OC3(CCNCC3)c3ccccc32)cc1. The zero-order chi connectivity index (χ0) is 14.3. The van der Waals surface area contributed by atoms with Gasteiger partial charge in [0.2, 0.25) is 0 Å². The molecule has 4 rings (SSSR count). The number of piperidine rings is 1. The van der Waals surface area contributed by atoms with Gasteiger partial charge in [-0.3, -0.25) is 0 Å². The van der Waals surface area contributed by atoms with Crippen LogP contribution in [0.3, 0.4) is 0 Å². The van der Waals surface area contributed by atoms with Crippen LogP contribution in [0, 0.1) is 5.82 Å². The van der Waals surface area contributed by atoms with Crippen molar-refractivity contribution in [1.29, 1.82) is 0 Å². The first kappa shape index (κ1) is 13.0. The maximum atomic E-state index is 13.2. The Morgan fingerprint density at radius 3 is 2.48 bits per heavy atom. The summed E-state index contributed by atoms with van der Waals surface area (Å²) in [6.45, 7) is 1.95. The molecule has 2 aliphatic heterocycles. The lowest BCUT2D eigenvalue weighted by Crippen LogP contribution is -2.39. The summed E-state index contributed by atoms with van der Waals surface area (Å²) in [4.78, 5) is 0. The van der Waals surface area contributed by atoms with E-state index in [1.165, 1.54) is 23.3 Å². The maximum Gasteiger partial charge on any atom is 0.123 e. The molecule has 3 heteroatoms. The van der Waals surface area contributed by atoms with Crippen LogP contribution in [0.4, 0.5) is 4.39 Å². The van der Waals surface area contributed by atoms with Gasteiger partial charge in [-0.1, -0.05) is 36.4 Å². The summed E-state index contributed by atoms with van der Waals surface area (Å²) in [7, 11) is 0. The summed E-state index contributed by atoms with van der Waals surface area (Å²) >= 11 is 0. The summed E-state index contributed by atoms with van der Waals surface area (Å²) < 4.78 is 19.7. The van der Waals surface area contributed by atoms with E-state index in [-0.39, 0.29) is 17.5 Å². The van der Waals surface area contributed by atoms with Crippen LogP contribution in [-0.4, -0.2) is 13.1 Å². The molecule has 2 aromatic rings. The number of ether oxygens (including phenoxy) is 1. The predicted octanol–water partition coefficient (Wildman–Crippen LogP) is 3.52. The van der Waals surface area contributed by atoms with E-state index in [4.69, 9.17) is 4.74 Å². The Hall–Kier alpha value is -1.71. The van der Waals surface area contributed by atoms with Crippen molar-refractivity contribution in [1.82, 2.24) is 5.32 Å². The van der Waals surface area contributed by atoms with E-state index in [0.717, 1.165) is 31.5 Å². The van der Waals surface area contributed by atoms with Crippen molar-refractivity contribution < 1.29 is 9.13 Å². The summed E-state index contributed by atoms with van der Waals surface area (Å²) in [6, 6.07) is 15.1. The minimum atomic E-state index is -0.207. The van der Waals surface area contributed by atoms with Gasteiger partial charge in [0, 0.05) is 0 Å². The molecule has 0 aliphatic carbocycles. The number of hydrogen-bond donors (Lipinski definition) is 1. The van der Waals surface area contributed by atoms with E-state index in [2.05, 4.69) is 29.6 Å². The molecule has 108 valence electrons. The molecule has 0 bridgehead atoms. The number of nitrogens with one attached hydrogen (secondary N) is 1. The molecule has 1 N–H and O–H groups in total. The van der Waals surface area contributed by atoms with Crippen LogP contribution in [-0.2, 0) is 10.3 Å². The molecular formula is C18H18FNO. The number of rotatable bonds is 1. The molecule has 2 nitrogen and oxygen atoms in total. The summed E-state index contributed by atoms with van der Waals surface area (Å²) in [6.07, 6.45) is 1.89. The first-order valence-corrected chi connectivity index (χ1v) is 7.52. The van der Waals surface area contributed by atoms with Crippen molar-refractivity contribution >= 4 is 0 Å². The summed E-state index contributed by atoms with van der Waals surface area (Å²) in [5.41, 5.74) is 3.38. The topological polar surface area (TPSA) is 21.3 Å². The largest absolute Gasteiger partial charge is 0.358 e. The zero-order valence-electron chi connectivity index (χ0n) is 11.8. The number of hydrogen-bond acceptors (Lipinski definition) is 2. The van der Waals surface area contributed by atoms with Crippen molar-refractivity contribution in [2.24, 2.45) is 0 Å². The quantitative estimate of drug-likeness (QED) is 0.864. The molecule has 1 atom stereocenters. The number of fused-ring (bicyclic) bond motifs is 2. The van der Waals surface area contributed by atoms with E-state index in [1.54, 1.807) is 0 Å². The Balaban J connectivity index is 1.79. The van der Waals surface area contributed by atoms with Crippen LogP contribution in [0.25, 0.3) is 0 Å². The minimum Gasteiger partial charge on any atom is -0.358 e. The lowest BCUT2D eigenvalue weighted by Gasteiger charge is -2.34. The van der Waals surface area contributed by atoms with Crippen LogP contribution in [0.15, 0.2) is 48.5 Å². The smallest absolute Gasteiger partial charge is 0.123 e. The average Bonchev–Trinajstić information content (AvgIpc) is 2.84. The Morgan fingerprint density at radius 2 is 1.71 bits per heavy atom. The van der Waals surface area contributed by atoms with Gasteiger partial charge in [0.25, 0.3) is 0 Å². The predicted molar refractivity (Wildman–Crippen MR) is 79.6 cm³/mol. The number of halogens is 1. The van der Waals surface area contributed by atoms with E-state index in [9.17, 15) is 4.39 Å². The van der Waals surface area contributed by atoms with Crippen LogP contribution in [0.5, 0.6) is 0 Å². The van der Waals surface area contributed by atoms with Crippen LogP contribution in [0.2, 0.25) is 0 Å². The molecular weight excluding hydrogens is 265 g/mol. The maximum absolute atomic E-state index is 13.2. The first-order valence-electron chi connectivity index (χ1n) is 7.52. The van der Waals surface area contributed by atoms with Crippen molar-refractivity contribution in [3.8, 4) is 0 Å². The highest BCUT2D eigenvalue weighted by atomic mass is 19.1. The third-order valence-electron chi connectivity index (χ3n) is 4.66. The van der Waals surface area contributed by atoms with Crippen molar-refractivity contribution in [3.63, 3.8) is 0 Å². The van der Waals surface area contributed by atoms with Gasteiger partial charge in [-0.15, -0.1) is 0 Å². The van der Waals surface area contributed by atoms with Crippen LogP contribution in [0.1, 0.15) is 35.6 Å². The van der Waals surface area contributed by atoms with Gasteiger partial charge >= 0.3 is 0 Å². The van der Waals surface area contributed by atoms with Crippen LogP contribution < -0.4 is 5.32 Å². The zero-order valence-corrected chi connectivity index (χ0v) is 11.8. The Bertz CT molecular complexity index is 647. The van der Waals surface area contributed by atoms with Crippen LogP contribution >= 0.6 is 0 Å². The highest BCUT2D eigenvalue weighted by molar-refractivity contribution is 5.43. The fraction of sp³-hybridized carbons (Fsp3) is 0.333. The third-order valence-corrected chi connectivity index (χ3v) is 4.66. The Morgan fingerprint density at radius 1 is 1.00 bits per heavy atom. The van der Waals surface area contributed by atoms with Gasteiger partial charge in [0.15, 0.2) is 0 Å². The Kier molecular flexibility index (Phi) is 3.05. The lowest BCUT2D eigenvalue weighted by molar-refractivity contribution is -0.0798. The average molecular weight is 283 g/mol. The standard InChI is InChI=1S/C18H18FNO/c19-14-7-5-13(6-8-14)17-15-3-1-2-4-16(15)18(21-17)9-11-20-12-10-18/h1-8,17,20H,9-12H2/t17-/m1/s1. The summed E-state index contributed by atoms with van der Waals surface area (Å²) in [5, 5.41) is 3.40. The summed E-state index contributed by atoms with van der Waals surface area (Å²) in [5.74, 6) is -0.207. The molecule has 2 aromatic carbocycles. The first-order chi connectivity index (χ1) is 10.3.